The van der Waals surface area contributed by atoms with Crippen LogP contribution in [-0.2, 0) is 12.0 Å². The summed E-state index contributed by atoms with van der Waals surface area (Å²) in [6, 6.07) is 12.6. The number of hydrogen-bond donors (Lipinski definition) is 1. The van der Waals surface area contributed by atoms with Crippen molar-refractivity contribution in [1.82, 2.24) is 5.32 Å². The van der Waals surface area contributed by atoms with Crippen LogP contribution in [-0.4, -0.2) is 5.49 Å². The van der Waals surface area contributed by atoms with Gasteiger partial charge in [0.1, 0.15) is 0 Å². The Labute approximate surface area is 175 Å². The van der Waals surface area contributed by atoms with Crippen LogP contribution in [0.1, 0.15) is 77.5 Å². The molecule has 0 aliphatic heterocycles. The highest BCUT2D eigenvalue weighted by molar-refractivity contribution is 7.78. The van der Waals surface area contributed by atoms with Gasteiger partial charge < -0.3 is 5.32 Å². The molecule has 2 unspecified atom stereocenters. The summed E-state index contributed by atoms with van der Waals surface area (Å²) in [5.41, 5.74) is 3.96. The maximum Gasteiger partial charge on any atom is 0.159 e. The molecule has 156 valence electrons. The zero-order valence-electron chi connectivity index (χ0n) is 17.0. The number of hydrogen-bond acceptors (Lipinski definition) is 1. The highest BCUT2D eigenvalue weighted by atomic mass is 32.1. The zero-order chi connectivity index (χ0) is 20.4. The van der Waals surface area contributed by atoms with Gasteiger partial charge in [0.05, 0.1) is 11.0 Å². The van der Waals surface area contributed by atoms with E-state index in [0.717, 1.165) is 24.8 Å². The Kier molecular flexibility index (Phi) is 11.8. The summed E-state index contributed by atoms with van der Waals surface area (Å²) < 4.78 is 27.3. The van der Waals surface area contributed by atoms with Gasteiger partial charge in [0.15, 0.2) is 11.6 Å². The van der Waals surface area contributed by atoms with Crippen LogP contribution < -0.4 is 5.32 Å². The summed E-state index contributed by atoms with van der Waals surface area (Å²) in [6.07, 6.45) is 2.85. The number of aryl methyl sites for hydroxylation is 1. The largest absolute Gasteiger partial charge is 0.372 e. The summed E-state index contributed by atoms with van der Waals surface area (Å²) in [5, 5.41) is 3.23. The minimum atomic E-state index is -0.841. The molecule has 0 amide bonds. The number of nitrogens with one attached hydrogen (secondary N) is 1. The first-order chi connectivity index (χ1) is 13.0. The predicted molar refractivity (Wildman–Crippen MR) is 122 cm³/mol. The minimum absolute atomic E-state index is 0. The minimum Gasteiger partial charge on any atom is -0.372 e. The van der Waals surface area contributed by atoms with Gasteiger partial charge in [-0.1, -0.05) is 84.1 Å². The molecule has 2 aromatic carbocycles. The third-order valence-corrected chi connectivity index (χ3v) is 5.06. The third-order valence-electron chi connectivity index (χ3n) is 4.94. The van der Waals surface area contributed by atoms with Gasteiger partial charge in [-0.25, -0.2) is 8.78 Å². The molecule has 28 heavy (non-hydrogen) atoms. The standard InChI is InChI=1S/C21H25F2NS.C2H6.CH4/c1-4-6-18(16-9-7-15(5-2)8-10-16)21(3,24-14-25)17-11-12-19(22)20(23)13-17;1-2;/h7-14,18H,4-6H2,1-3H3,(H,24,25);1-2H3;1H4. The molecule has 0 spiro atoms. The Bertz CT molecular complexity index is 715. The van der Waals surface area contributed by atoms with Gasteiger partial charge in [0.2, 0.25) is 0 Å². The van der Waals surface area contributed by atoms with E-state index in [2.05, 4.69) is 43.4 Å². The average molecular weight is 408 g/mol. The van der Waals surface area contributed by atoms with Gasteiger partial charge in [0.25, 0.3) is 0 Å². The van der Waals surface area contributed by atoms with Crippen LogP contribution in [0.15, 0.2) is 42.5 Å². The van der Waals surface area contributed by atoms with E-state index in [4.69, 9.17) is 12.2 Å². The normalized spacial score (nSPS) is 13.2. The summed E-state index contributed by atoms with van der Waals surface area (Å²) >= 11 is 5.05. The average Bonchev–Trinajstić information content (AvgIpc) is 2.70. The van der Waals surface area contributed by atoms with Crippen LogP contribution >= 0.6 is 12.2 Å². The maximum absolute atomic E-state index is 13.9. The molecule has 0 bridgehead atoms. The van der Waals surface area contributed by atoms with Crippen molar-refractivity contribution in [3.63, 3.8) is 0 Å². The van der Waals surface area contributed by atoms with Crippen LogP contribution in [0, 0.1) is 11.6 Å². The van der Waals surface area contributed by atoms with Crippen LogP contribution in [0.25, 0.3) is 0 Å². The van der Waals surface area contributed by atoms with Gasteiger partial charge in [-0.15, -0.1) is 0 Å². The van der Waals surface area contributed by atoms with E-state index in [9.17, 15) is 8.78 Å². The maximum atomic E-state index is 13.9. The lowest BCUT2D eigenvalue weighted by molar-refractivity contribution is 0.329. The van der Waals surface area contributed by atoms with Crippen LogP contribution in [0.5, 0.6) is 0 Å². The zero-order valence-corrected chi connectivity index (χ0v) is 17.8. The van der Waals surface area contributed by atoms with E-state index >= 15 is 0 Å². The first-order valence-electron chi connectivity index (χ1n) is 9.72. The number of rotatable bonds is 8. The Morgan fingerprint density at radius 1 is 1.04 bits per heavy atom. The lowest BCUT2D eigenvalue weighted by atomic mass is 9.73. The Balaban J connectivity index is 0.00000235. The van der Waals surface area contributed by atoms with Crippen LogP contribution in [0.2, 0.25) is 0 Å². The summed E-state index contributed by atoms with van der Waals surface area (Å²) in [4.78, 5) is 0. The summed E-state index contributed by atoms with van der Waals surface area (Å²) in [6.45, 7) is 10.2. The lowest BCUT2D eigenvalue weighted by Crippen LogP contribution is -2.44. The second-order valence-corrected chi connectivity index (χ2v) is 6.77. The molecular formula is C24H35F2NS. The number of benzene rings is 2. The molecular weight excluding hydrogens is 372 g/mol. The SMILES string of the molecule is C.CC.CCCC(c1ccc(CC)cc1)C(C)(NC=S)c1ccc(F)c(F)c1. The van der Waals surface area contributed by atoms with E-state index in [0.29, 0.717) is 5.56 Å². The summed E-state index contributed by atoms with van der Waals surface area (Å²) in [7, 11) is 0. The van der Waals surface area contributed by atoms with Crippen molar-refractivity contribution in [1.29, 1.82) is 0 Å². The number of halogens is 2. The van der Waals surface area contributed by atoms with Crippen molar-refractivity contribution < 1.29 is 8.78 Å². The van der Waals surface area contributed by atoms with Crippen molar-refractivity contribution in [3.8, 4) is 0 Å². The molecule has 0 aliphatic carbocycles. The molecule has 2 rings (SSSR count). The quantitative estimate of drug-likeness (QED) is 0.454. The lowest BCUT2D eigenvalue weighted by Gasteiger charge is -2.39. The van der Waals surface area contributed by atoms with Crippen molar-refractivity contribution in [2.45, 2.75) is 72.8 Å². The van der Waals surface area contributed by atoms with Gasteiger partial charge in [-0.2, -0.15) is 0 Å². The van der Waals surface area contributed by atoms with Gasteiger partial charge in [-0.3, -0.25) is 0 Å². The Morgan fingerprint density at radius 3 is 2.11 bits per heavy atom. The topological polar surface area (TPSA) is 12.0 Å². The second-order valence-electron chi connectivity index (χ2n) is 6.53. The third kappa shape index (κ3) is 6.10. The van der Waals surface area contributed by atoms with Gasteiger partial charge in [-0.05, 0) is 48.6 Å². The summed E-state index contributed by atoms with van der Waals surface area (Å²) in [5.74, 6) is -1.60. The van der Waals surface area contributed by atoms with Crippen molar-refractivity contribution in [2.75, 3.05) is 0 Å². The van der Waals surface area contributed by atoms with Gasteiger partial charge in [0, 0.05) is 5.92 Å². The molecule has 0 heterocycles. The highest BCUT2D eigenvalue weighted by Gasteiger charge is 2.36. The molecule has 2 aromatic rings. The smallest absolute Gasteiger partial charge is 0.159 e. The van der Waals surface area contributed by atoms with Crippen LogP contribution in [0.4, 0.5) is 8.78 Å². The van der Waals surface area contributed by atoms with E-state index in [1.54, 1.807) is 6.07 Å². The van der Waals surface area contributed by atoms with Crippen LogP contribution in [0.3, 0.4) is 0 Å². The fraction of sp³-hybridized carbons (Fsp3) is 0.458. The molecule has 0 aliphatic rings. The molecule has 0 aromatic heterocycles. The van der Waals surface area contributed by atoms with E-state index in [-0.39, 0.29) is 13.3 Å². The van der Waals surface area contributed by atoms with E-state index < -0.39 is 17.2 Å². The number of thiocarbonyl (C=S) groups is 1. The Morgan fingerprint density at radius 2 is 1.64 bits per heavy atom. The van der Waals surface area contributed by atoms with Crippen molar-refractivity contribution in [2.24, 2.45) is 0 Å². The molecule has 4 heteroatoms. The monoisotopic (exact) mass is 407 g/mol. The highest BCUT2D eigenvalue weighted by Crippen LogP contribution is 2.40. The first kappa shape index (κ1) is 26.2. The molecule has 0 saturated heterocycles. The Hall–Kier alpha value is -1.81. The van der Waals surface area contributed by atoms with Crippen molar-refractivity contribution >= 4 is 17.7 Å². The molecule has 1 N–H and O–H groups in total. The predicted octanol–water partition coefficient (Wildman–Crippen LogP) is 7.54. The van der Waals surface area contributed by atoms with Crippen molar-refractivity contribution in [3.05, 3.63) is 70.8 Å². The van der Waals surface area contributed by atoms with E-state index in [1.807, 2.05) is 20.8 Å². The first-order valence-corrected chi connectivity index (χ1v) is 10.2. The van der Waals surface area contributed by atoms with Gasteiger partial charge >= 0.3 is 0 Å². The molecule has 0 saturated carbocycles. The fourth-order valence-electron chi connectivity index (χ4n) is 3.39. The molecule has 2 atom stereocenters. The van der Waals surface area contributed by atoms with E-state index in [1.165, 1.54) is 23.2 Å². The fourth-order valence-corrected chi connectivity index (χ4v) is 3.63. The molecule has 0 radical (unpaired) electrons. The molecule has 1 nitrogen and oxygen atoms in total. The second kappa shape index (κ2) is 12.6. The molecule has 0 fully saturated rings.